The number of carbonyl (C=O) groups excluding carboxylic acids is 2. The smallest absolute Gasteiger partial charge is 0.251 e. The molecule has 0 radical (unpaired) electrons. The minimum atomic E-state index is -0.0801. The molecule has 0 spiro atoms. The van der Waals surface area contributed by atoms with E-state index < -0.39 is 0 Å². The third kappa shape index (κ3) is 3.57. The van der Waals surface area contributed by atoms with Crippen LogP contribution in [0.25, 0.3) is 0 Å². The Balaban J connectivity index is 1.90. The molecule has 0 bridgehead atoms. The van der Waals surface area contributed by atoms with Crippen molar-refractivity contribution in [2.24, 2.45) is 5.92 Å². The van der Waals surface area contributed by atoms with Crippen molar-refractivity contribution in [1.29, 1.82) is 0 Å². The average molecular weight is 275 g/mol. The van der Waals surface area contributed by atoms with Crippen LogP contribution in [0, 0.1) is 5.92 Å². The maximum atomic E-state index is 12.1. The summed E-state index contributed by atoms with van der Waals surface area (Å²) in [5.41, 5.74) is 2.32. The fourth-order valence-electron chi connectivity index (χ4n) is 2.23. The van der Waals surface area contributed by atoms with E-state index in [4.69, 9.17) is 0 Å². The second-order valence-corrected chi connectivity index (χ2v) is 5.30. The van der Waals surface area contributed by atoms with Crippen molar-refractivity contribution in [2.75, 3.05) is 25.5 Å². The van der Waals surface area contributed by atoms with E-state index in [1.54, 1.807) is 18.2 Å². The summed E-state index contributed by atoms with van der Waals surface area (Å²) in [5.74, 6) is 0.339. The molecular weight excluding hydrogens is 254 g/mol. The van der Waals surface area contributed by atoms with Gasteiger partial charge in [-0.05, 0) is 49.7 Å². The first kappa shape index (κ1) is 14.5. The summed E-state index contributed by atoms with van der Waals surface area (Å²) in [6.07, 6.45) is 1.38. The van der Waals surface area contributed by atoms with Gasteiger partial charge in [-0.1, -0.05) is 6.92 Å². The van der Waals surface area contributed by atoms with Crippen LogP contribution in [0.4, 0.5) is 5.69 Å². The Morgan fingerprint density at radius 1 is 1.45 bits per heavy atom. The number of nitrogens with one attached hydrogen (secondary N) is 3. The van der Waals surface area contributed by atoms with Gasteiger partial charge in [0.2, 0.25) is 5.91 Å². The predicted molar refractivity (Wildman–Crippen MR) is 78.8 cm³/mol. The van der Waals surface area contributed by atoms with Gasteiger partial charge in [0.1, 0.15) is 0 Å². The molecule has 1 aliphatic rings. The summed E-state index contributed by atoms with van der Waals surface area (Å²) in [6.45, 7) is 3.72. The standard InChI is InChI=1S/C15H21N3O2/c1-10(5-6-16-2)9-17-15(20)11-3-4-13-12(7-11)8-14(19)18-13/h3-4,7,10,16H,5-6,8-9H2,1-2H3,(H,17,20)(H,18,19). The molecule has 3 N–H and O–H groups in total. The van der Waals surface area contributed by atoms with E-state index in [1.807, 2.05) is 7.05 Å². The number of carbonyl (C=O) groups is 2. The van der Waals surface area contributed by atoms with Crippen LogP contribution in [0.3, 0.4) is 0 Å². The number of amides is 2. The fourth-order valence-corrected chi connectivity index (χ4v) is 2.23. The monoisotopic (exact) mass is 275 g/mol. The molecule has 2 rings (SSSR count). The molecule has 1 unspecified atom stereocenters. The van der Waals surface area contributed by atoms with Crippen molar-refractivity contribution < 1.29 is 9.59 Å². The van der Waals surface area contributed by atoms with Gasteiger partial charge in [0.15, 0.2) is 0 Å². The summed E-state index contributed by atoms with van der Waals surface area (Å²) in [7, 11) is 1.92. The van der Waals surface area contributed by atoms with Crippen molar-refractivity contribution in [3.05, 3.63) is 29.3 Å². The van der Waals surface area contributed by atoms with Crippen LogP contribution in [0.2, 0.25) is 0 Å². The number of hydrogen-bond acceptors (Lipinski definition) is 3. The van der Waals surface area contributed by atoms with E-state index >= 15 is 0 Å². The van der Waals surface area contributed by atoms with Gasteiger partial charge in [-0.15, -0.1) is 0 Å². The van der Waals surface area contributed by atoms with E-state index in [2.05, 4.69) is 22.9 Å². The van der Waals surface area contributed by atoms with E-state index in [9.17, 15) is 9.59 Å². The van der Waals surface area contributed by atoms with Crippen LogP contribution < -0.4 is 16.0 Å². The second-order valence-electron chi connectivity index (χ2n) is 5.30. The zero-order valence-electron chi connectivity index (χ0n) is 12.0. The first-order valence-corrected chi connectivity index (χ1v) is 6.95. The summed E-state index contributed by atoms with van der Waals surface area (Å²) in [6, 6.07) is 5.33. The molecule has 1 aromatic rings. The van der Waals surface area contributed by atoms with Crippen molar-refractivity contribution >= 4 is 17.5 Å². The SMILES string of the molecule is CNCCC(C)CNC(=O)c1ccc2c(c1)CC(=O)N2. The Kier molecular flexibility index (Phi) is 4.74. The van der Waals surface area contributed by atoms with Crippen LogP contribution >= 0.6 is 0 Å². The molecule has 0 aliphatic carbocycles. The first-order valence-electron chi connectivity index (χ1n) is 6.95. The average Bonchev–Trinajstić information content (AvgIpc) is 2.81. The van der Waals surface area contributed by atoms with Gasteiger partial charge in [-0.2, -0.15) is 0 Å². The molecule has 108 valence electrons. The zero-order valence-corrected chi connectivity index (χ0v) is 12.0. The van der Waals surface area contributed by atoms with E-state index in [0.29, 0.717) is 24.4 Å². The van der Waals surface area contributed by atoms with Gasteiger partial charge in [-0.3, -0.25) is 9.59 Å². The Morgan fingerprint density at radius 3 is 3.00 bits per heavy atom. The van der Waals surface area contributed by atoms with Crippen molar-refractivity contribution in [2.45, 2.75) is 19.8 Å². The van der Waals surface area contributed by atoms with Crippen LogP contribution in [0.1, 0.15) is 29.3 Å². The maximum Gasteiger partial charge on any atom is 0.251 e. The number of benzene rings is 1. The van der Waals surface area contributed by atoms with Crippen molar-refractivity contribution in [3.8, 4) is 0 Å². The minimum absolute atomic E-state index is 0.0155. The van der Waals surface area contributed by atoms with E-state index in [-0.39, 0.29) is 11.8 Å². The lowest BCUT2D eigenvalue weighted by Crippen LogP contribution is -2.29. The number of fused-ring (bicyclic) bond motifs is 1. The molecule has 1 aromatic carbocycles. The molecule has 1 heterocycles. The normalized spacial score (nSPS) is 14.6. The first-order chi connectivity index (χ1) is 9.60. The number of anilines is 1. The molecule has 2 amide bonds. The molecule has 0 fully saturated rings. The van der Waals surface area contributed by atoms with E-state index in [1.165, 1.54) is 0 Å². The predicted octanol–water partition coefficient (Wildman–Crippen LogP) is 1.16. The highest BCUT2D eigenvalue weighted by Crippen LogP contribution is 2.23. The highest BCUT2D eigenvalue weighted by atomic mass is 16.2. The van der Waals surface area contributed by atoms with Crippen LogP contribution in [-0.2, 0) is 11.2 Å². The third-order valence-corrected chi connectivity index (χ3v) is 3.49. The van der Waals surface area contributed by atoms with Crippen LogP contribution in [-0.4, -0.2) is 32.0 Å². The molecule has 5 heteroatoms. The van der Waals surface area contributed by atoms with Gasteiger partial charge in [0.25, 0.3) is 5.91 Å². The molecular formula is C15H21N3O2. The molecule has 0 saturated carbocycles. The maximum absolute atomic E-state index is 12.1. The summed E-state index contributed by atoms with van der Waals surface area (Å²) in [5, 5.41) is 8.80. The second kappa shape index (κ2) is 6.52. The molecule has 0 saturated heterocycles. The Morgan fingerprint density at radius 2 is 2.25 bits per heavy atom. The number of rotatable bonds is 6. The van der Waals surface area contributed by atoms with Gasteiger partial charge in [0.05, 0.1) is 6.42 Å². The Bertz CT molecular complexity index is 514. The molecule has 0 aromatic heterocycles. The van der Waals surface area contributed by atoms with Gasteiger partial charge < -0.3 is 16.0 Å². The quantitative estimate of drug-likeness (QED) is 0.729. The Hall–Kier alpha value is -1.88. The molecule has 1 atom stereocenters. The third-order valence-electron chi connectivity index (χ3n) is 3.49. The van der Waals surface area contributed by atoms with Gasteiger partial charge >= 0.3 is 0 Å². The van der Waals surface area contributed by atoms with Crippen molar-refractivity contribution in [1.82, 2.24) is 10.6 Å². The van der Waals surface area contributed by atoms with Crippen molar-refractivity contribution in [3.63, 3.8) is 0 Å². The van der Waals surface area contributed by atoms with Crippen LogP contribution in [0.15, 0.2) is 18.2 Å². The Labute approximate surface area is 119 Å². The van der Waals surface area contributed by atoms with Crippen LogP contribution in [0.5, 0.6) is 0 Å². The molecule has 20 heavy (non-hydrogen) atoms. The number of hydrogen-bond donors (Lipinski definition) is 3. The van der Waals surface area contributed by atoms with Gasteiger partial charge in [0, 0.05) is 17.8 Å². The van der Waals surface area contributed by atoms with E-state index in [0.717, 1.165) is 24.2 Å². The topological polar surface area (TPSA) is 70.2 Å². The largest absolute Gasteiger partial charge is 0.352 e. The lowest BCUT2D eigenvalue weighted by Gasteiger charge is -2.12. The highest BCUT2D eigenvalue weighted by Gasteiger charge is 2.19. The van der Waals surface area contributed by atoms with Gasteiger partial charge in [-0.25, -0.2) is 0 Å². The summed E-state index contributed by atoms with van der Waals surface area (Å²) >= 11 is 0. The molecule has 5 nitrogen and oxygen atoms in total. The fraction of sp³-hybridized carbons (Fsp3) is 0.467. The molecule has 1 aliphatic heterocycles. The zero-order chi connectivity index (χ0) is 14.5. The minimum Gasteiger partial charge on any atom is -0.352 e. The lowest BCUT2D eigenvalue weighted by atomic mass is 10.1. The summed E-state index contributed by atoms with van der Waals surface area (Å²) < 4.78 is 0. The highest BCUT2D eigenvalue weighted by molar-refractivity contribution is 6.01. The summed E-state index contributed by atoms with van der Waals surface area (Å²) in [4.78, 5) is 23.4. The lowest BCUT2D eigenvalue weighted by molar-refractivity contribution is -0.115.